The van der Waals surface area contributed by atoms with Crippen molar-refractivity contribution in [2.24, 2.45) is 11.8 Å². The van der Waals surface area contributed by atoms with Crippen LogP contribution in [-0.4, -0.2) is 114 Å². The Morgan fingerprint density at radius 1 is 1.14 bits per heavy atom. The van der Waals surface area contributed by atoms with Gasteiger partial charge in [-0.15, -0.1) is 5.10 Å². The number of halogens is 1. The van der Waals surface area contributed by atoms with Crippen LogP contribution < -0.4 is 10.7 Å². The maximum atomic E-state index is 14.0. The van der Waals surface area contributed by atoms with Gasteiger partial charge in [-0.3, -0.25) is 24.2 Å². The molecule has 2 fully saturated rings. The molecule has 2 saturated heterocycles. The number of nitrogens with zero attached hydrogens (tertiary/aromatic N) is 6. The third-order valence-electron chi connectivity index (χ3n) is 7.92. The van der Waals surface area contributed by atoms with Crippen LogP contribution in [0.25, 0.3) is 6.20 Å². The molecule has 3 aliphatic heterocycles. The summed E-state index contributed by atoms with van der Waals surface area (Å²) in [4.78, 5) is 73.8. The largest absolute Gasteiger partial charge is 0.480 e. The lowest BCUT2D eigenvalue weighted by molar-refractivity contribution is -0.149. The molecule has 0 unspecified atom stereocenters. The van der Waals surface area contributed by atoms with E-state index in [1.807, 2.05) is 0 Å². The fraction of sp³-hybridized carbons (Fsp3) is 0.679. The number of likely N-dealkylation sites (N-methyl/N-ethyl adjacent to an activating group) is 1. The van der Waals surface area contributed by atoms with Gasteiger partial charge in [-0.05, 0) is 68.0 Å². The van der Waals surface area contributed by atoms with Crippen LogP contribution in [0, 0.1) is 11.8 Å². The maximum Gasteiger partial charge on any atom is 0.410 e. The van der Waals surface area contributed by atoms with Crippen LogP contribution in [0.1, 0.15) is 59.7 Å². The van der Waals surface area contributed by atoms with E-state index in [-0.39, 0.29) is 36.1 Å². The van der Waals surface area contributed by atoms with Crippen molar-refractivity contribution in [1.29, 1.82) is 0 Å². The predicted octanol–water partition coefficient (Wildman–Crippen LogP) is 1.24. The highest BCUT2D eigenvalue weighted by atomic mass is 79.9. The number of hydrogen-bond donors (Lipinski definition) is 3. The summed E-state index contributed by atoms with van der Waals surface area (Å²) in [6.07, 6.45) is 3.79. The first-order chi connectivity index (χ1) is 20.6. The van der Waals surface area contributed by atoms with Gasteiger partial charge in [0.25, 0.3) is 5.91 Å². The zero-order valence-corrected chi connectivity index (χ0v) is 27.4. The van der Waals surface area contributed by atoms with Crippen LogP contribution in [0.3, 0.4) is 0 Å². The van der Waals surface area contributed by atoms with Gasteiger partial charge in [0.15, 0.2) is 0 Å². The van der Waals surface area contributed by atoms with Crippen LogP contribution in [-0.2, 0) is 30.3 Å². The van der Waals surface area contributed by atoms with Gasteiger partial charge in [-0.1, -0.05) is 13.8 Å². The Balaban J connectivity index is 1.76. The van der Waals surface area contributed by atoms with E-state index in [0.29, 0.717) is 25.1 Å². The Labute approximate surface area is 264 Å². The molecule has 4 amide bonds. The molecule has 4 rings (SSSR count). The van der Waals surface area contributed by atoms with Crippen molar-refractivity contribution in [3.63, 3.8) is 0 Å². The molecular formula is C28H41BrN8O7. The third kappa shape index (κ3) is 7.39. The SMILES string of the molecule is CC(C)[C@H]1C(=O)N[C@H](C(=O)N2CCC[C@@H](C(=O)O)N2)Cc2nc(Br)nn2/C=C/[C@@H]2[C@H](CCN2C(=O)OC(C)(C)C)C(=O)N1C. The number of carbonyl (C=O) groups is 5. The van der Waals surface area contributed by atoms with Gasteiger partial charge in [0.05, 0.1) is 12.0 Å². The van der Waals surface area contributed by atoms with E-state index >= 15 is 0 Å². The van der Waals surface area contributed by atoms with Crippen molar-refractivity contribution in [1.82, 2.24) is 40.3 Å². The highest BCUT2D eigenvalue weighted by Gasteiger charge is 2.45. The molecule has 0 aromatic carbocycles. The molecule has 16 heteroatoms. The van der Waals surface area contributed by atoms with Crippen molar-refractivity contribution in [2.45, 2.75) is 90.1 Å². The maximum absolute atomic E-state index is 14.0. The van der Waals surface area contributed by atoms with Gasteiger partial charge in [-0.2, -0.15) is 0 Å². The van der Waals surface area contributed by atoms with Crippen LogP contribution >= 0.6 is 15.9 Å². The molecule has 5 atom stereocenters. The van der Waals surface area contributed by atoms with Crippen LogP contribution in [0.15, 0.2) is 10.8 Å². The van der Waals surface area contributed by atoms with E-state index in [1.165, 1.54) is 19.5 Å². The molecule has 4 heterocycles. The minimum absolute atomic E-state index is 0.0875. The quantitative estimate of drug-likeness (QED) is 0.421. The second kappa shape index (κ2) is 13.2. The molecule has 44 heavy (non-hydrogen) atoms. The molecule has 15 nitrogen and oxygen atoms in total. The number of likely N-dealkylation sites (tertiary alicyclic amines) is 1. The summed E-state index contributed by atoms with van der Waals surface area (Å²) < 4.78 is 7.29. The Morgan fingerprint density at radius 3 is 2.48 bits per heavy atom. The summed E-state index contributed by atoms with van der Waals surface area (Å²) in [6, 6.07) is -3.74. The topological polar surface area (TPSA) is 179 Å². The zero-order valence-electron chi connectivity index (χ0n) is 25.8. The molecule has 0 spiro atoms. The van der Waals surface area contributed by atoms with Gasteiger partial charge in [-0.25, -0.2) is 19.9 Å². The van der Waals surface area contributed by atoms with Gasteiger partial charge >= 0.3 is 12.1 Å². The molecule has 242 valence electrons. The smallest absolute Gasteiger partial charge is 0.410 e. The summed E-state index contributed by atoms with van der Waals surface area (Å²) in [6.45, 7) is 9.43. The predicted molar refractivity (Wildman–Crippen MR) is 160 cm³/mol. The number of rotatable bonds is 3. The van der Waals surface area contributed by atoms with Crippen molar-refractivity contribution in [2.75, 3.05) is 20.1 Å². The number of aromatic nitrogens is 3. The number of hydrazine groups is 1. The molecule has 0 bridgehead atoms. The lowest BCUT2D eigenvalue weighted by atomic mass is 9.95. The van der Waals surface area contributed by atoms with Crippen LogP contribution in [0.5, 0.6) is 0 Å². The fourth-order valence-corrected chi connectivity index (χ4v) is 6.26. The Morgan fingerprint density at radius 2 is 1.84 bits per heavy atom. The van der Waals surface area contributed by atoms with E-state index in [0.717, 1.165) is 0 Å². The normalized spacial score (nSPS) is 27.5. The first-order valence-electron chi connectivity index (χ1n) is 14.7. The number of carbonyl (C=O) groups excluding carboxylic acids is 4. The van der Waals surface area contributed by atoms with Gasteiger partial charge in [0.1, 0.15) is 29.6 Å². The van der Waals surface area contributed by atoms with Gasteiger partial charge < -0.3 is 25.0 Å². The van der Waals surface area contributed by atoms with E-state index in [9.17, 15) is 29.1 Å². The second-order valence-electron chi connectivity index (χ2n) is 12.7. The monoisotopic (exact) mass is 680 g/mol. The van der Waals surface area contributed by atoms with Gasteiger partial charge in [0, 0.05) is 32.8 Å². The van der Waals surface area contributed by atoms with Crippen LogP contribution in [0.2, 0.25) is 0 Å². The van der Waals surface area contributed by atoms with Crippen molar-refractivity contribution >= 4 is 51.9 Å². The number of ether oxygens (including phenoxy) is 1. The number of carboxylic acid groups (broad SMARTS) is 1. The van der Waals surface area contributed by atoms with E-state index in [1.54, 1.807) is 53.9 Å². The number of fused-ring (bicyclic) bond motifs is 2. The summed E-state index contributed by atoms with van der Waals surface area (Å²) in [7, 11) is 1.55. The summed E-state index contributed by atoms with van der Waals surface area (Å²) in [5.41, 5.74) is 2.00. The average Bonchev–Trinajstić information content (AvgIpc) is 3.51. The minimum atomic E-state index is -1.16. The standard InChI is InChI=1S/C28H41BrN8O7/c1-15(2)21-22(38)30-18(24(40)37-11-7-8-17(32-37)25(41)42)14-20-31-26(29)33-36(20)13-10-19-16(23(39)34(21)6)9-12-35(19)27(43)44-28(3,4)5/h10,13,15-19,21,32H,7-9,11-12,14H2,1-6H3,(H,30,38)(H,41,42)/b13-10+/t16-,17-,18-,19+,21-/m0/s1. The second-order valence-corrected chi connectivity index (χ2v) is 13.4. The third-order valence-corrected chi connectivity index (χ3v) is 8.25. The highest BCUT2D eigenvalue weighted by molar-refractivity contribution is 9.10. The van der Waals surface area contributed by atoms with Crippen molar-refractivity contribution < 1.29 is 33.8 Å². The van der Waals surface area contributed by atoms with E-state index in [4.69, 9.17) is 4.74 Å². The molecule has 0 aliphatic carbocycles. The Kier molecular flexibility index (Phi) is 10.0. The summed E-state index contributed by atoms with van der Waals surface area (Å²) >= 11 is 3.28. The molecule has 0 saturated carbocycles. The highest BCUT2D eigenvalue weighted by Crippen LogP contribution is 2.31. The summed E-state index contributed by atoms with van der Waals surface area (Å²) in [5, 5.41) is 17.9. The van der Waals surface area contributed by atoms with E-state index in [2.05, 4.69) is 36.8 Å². The first kappa shape index (κ1) is 33.4. The van der Waals surface area contributed by atoms with Gasteiger partial charge in [0.2, 0.25) is 16.5 Å². The molecule has 3 N–H and O–H groups in total. The average molecular weight is 682 g/mol. The summed E-state index contributed by atoms with van der Waals surface area (Å²) in [5.74, 6) is -3.18. The molecule has 0 radical (unpaired) electrons. The minimum Gasteiger partial charge on any atom is -0.480 e. The number of amides is 4. The van der Waals surface area contributed by atoms with E-state index < -0.39 is 59.6 Å². The first-order valence-corrected chi connectivity index (χ1v) is 15.5. The lowest BCUT2D eigenvalue weighted by Crippen LogP contribution is -2.62. The van der Waals surface area contributed by atoms with Crippen molar-refractivity contribution in [3.05, 3.63) is 16.6 Å². The van der Waals surface area contributed by atoms with Crippen LogP contribution in [0.4, 0.5) is 4.79 Å². The van der Waals surface area contributed by atoms with Crippen molar-refractivity contribution in [3.8, 4) is 0 Å². The fourth-order valence-electron chi connectivity index (χ4n) is 5.89. The lowest BCUT2D eigenvalue weighted by Gasteiger charge is -2.36. The zero-order chi connectivity index (χ0) is 32.5. The Hall–Kier alpha value is -3.53. The molecule has 1 aromatic rings. The molecule has 1 aromatic heterocycles. The number of aliphatic carboxylic acids is 1. The number of nitrogens with one attached hydrogen (secondary N) is 2. The number of carboxylic acids is 1. The molecular weight excluding hydrogens is 640 g/mol. The Bertz CT molecular complexity index is 1330. The number of hydrogen-bond acceptors (Lipinski definition) is 9. The molecule has 3 aliphatic rings.